The minimum absolute atomic E-state index is 0.293. The molecule has 0 N–H and O–H groups in total. The van der Waals surface area contributed by atoms with E-state index in [1.165, 1.54) is 17.6 Å². The molecule has 0 bridgehead atoms. The van der Waals surface area contributed by atoms with Gasteiger partial charge in [0.15, 0.2) is 6.21 Å². The van der Waals surface area contributed by atoms with Crippen LogP contribution in [0.4, 0.5) is 0 Å². The maximum atomic E-state index is 12.3. The van der Waals surface area contributed by atoms with Crippen molar-refractivity contribution in [3.8, 4) is 0 Å². The Morgan fingerprint density at radius 1 is 1.38 bits per heavy atom. The molecule has 1 unspecified atom stereocenters. The number of methoxy groups -OCH3 is 1. The molecule has 0 aliphatic carbocycles. The van der Waals surface area contributed by atoms with E-state index in [2.05, 4.69) is 11.4 Å². The summed E-state index contributed by atoms with van der Waals surface area (Å²) < 4.78 is 7.00. The maximum Gasteiger partial charge on any atom is 0.380 e. The van der Waals surface area contributed by atoms with Gasteiger partial charge in [0.2, 0.25) is 0 Å². The predicted octanol–water partition coefficient (Wildman–Crippen LogP) is 3.30. The molecule has 1 atom stereocenters. The number of carbonyl (C=O) groups is 1. The molecular weight excluding hydrogens is 306 g/mol. The summed E-state index contributed by atoms with van der Waals surface area (Å²) in [6.45, 7) is 0.776. The van der Waals surface area contributed by atoms with Crippen LogP contribution in [0.5, 0.6) is 0 Å². The topological polar surface area (TPSA) is 29.3 Å². The SMILES string of the molecule is COC(=O)C(c1ccccc1Cl)[N+]1=Cc2ccsc2CC1. The zero-order valence-corrected chi connectivity index (χ0v) is 13.2. The lowest BCUT2D eigenvalue weighted by Gasteiger charge is -2.18. The number of halogens is 1. The van der Waals surface area contributed by atoms with E-state index >= 15 is 0 Å². The first-order chi connectivity index (χ1) is 10.2. The fourth-order valence-corrected chi connectivity index (χ4v) is 3.68. The molecule has 0 fully saturated rings. The molecule has 0 saturated heterocycles. The lowest BCUT2D eigenvalue weighted by atomic mass is 10.0. The first kappa shape index (κ1) is 14.3. The summed E-state index contributed by atoms with van der Waals surface area (Å²) in [6.07, 6.45) is 2.96. The minimum atomic E-state index is -0.503. The van der Waals surface area contributed by atoms with Gasteiger partial charge in [-0.05, 0) is 17.5 Å². The van der Waals surface area contributed by atoms with Crippen molar-refractivity contribution in [2.75, 3.05) is 13.7 Å². The van der Waals surface area contributed by atoms with Crippen molar-refractivity contribution in [2.24, 2.45) is 0 Å². The second-order valence-corrected chi connectivity index (χ2v) is 6.27. The molecule has 0 radical (unpaired) electrons. The van der Waals surface area contributed by atoms with Gasteiger partial charge in [-0.3, -0.25) is 0 Å². The van der Waals surface area contributed by atoms with Crippen LogP contribution in [0.15, 0.2) is 35.7 Å². The van der Waals surface area contributed by atoms with Gasteiger partial charge in [-0.1, -0.05) is 29.8 Å². The lowest BCUT2D eigenvalue weighted by Crippen LogP contribution is -2.32. The van der Waals surface area contributed by atoms with Gasteiger partial charge in [-0.25, -0.2) is 9.37 Å². The quantitative estimate of drug-likeness (QED) is 0.641. The monoisotopic (exact) mass is 320 g/mol. The summed E-state index contributed by atoms with van der Waals surface area (Å²) >= 11 is 8.02. The predicted molar refractivity (Wildman–Crippen MR) is 84.5 cm³/mol. The summed E-state index contributed by atoms with van der Waals surface area (Å²) in [4.78, 5) is 13.6. The Morgan fingerprint density at radius 3 is 2.95 bits per heavy atom. The number of hydrogen-bond acceptors (Lipinski definition) is 3. The molecule has 1 aliphatic rings. The summed E-state index contributed by atoms with van der Waals surface area (Å²) in [5, 5.41) is 2.66. The first-order valence-electron chi connectivity index (χ1n) is 6.70. The lowest BCUT2D eigenvalue weighted by molar-refractivity contribution is -0.557. The second kappa shape index (κ2) is 6.00. The fourth-order valence-electron chi connectivity index (χ4n) is 2.60. The number of fused-ring (bicyclic) bond motifs is 1. The third kappa shape index (κ3) is 2.74. The van der Waals surface area contributed by atoms with Gasteiger partial charge in [0.1, 0.15) is 6.54 Å². The number of carbonyl (C=O) groups excluding carboxylic acids is 1. The summed E-state index contributed by atoms with van der Waals surface area (Å²) in [6, 6.07) is 8.99. The standard InChI is InChI=1S/C16H15ClNO2S/c1-20-16(19)15(12-4-2-3-5-13(12)17)18-8-6-14-11(10-18)7-9-21-14/h2-5,7,9-10,15H,6,8H2,1H3/q+1. The zero-order valence-electron chi connectivity index (χ0n) is 11.6. The van der Waals surface area contributed by atoms with E-state index in [0.29, 0.717) is 5.02 Å². The Bertz CT molecular complexity index is 708. The highest BCUT2D eigenvalue weighted by atomic mass is 35.5. The molecule has 1 aromatic heterocycles. The maximum absolute atomic E-state index is 12.3. The van der Waals surface area contributed by atoms with Crippen LogP contribution in [-0.4, -0.2) is 30.4 Å². The van der Waals surface area contributed by atoms with Gasteiger partial charge in [-0.15, -0.1) is 11.3 Å². The highest BCUT2D eigenvalue weighted by Gasteiger charge is 2.35. The number of hydrogen-bond donors (Lipinski definition) is 0. The largest absolute Gasteiger partial charge is 0.464 e. The molecule has 2 aromatic rings. The van der Waals surface area contributed by atoms with Crippen LogP contribution in [-0.2, 0) is 16.0 Å². The second-order valence-electron chi connectivity index (χ2n) is 4.86. The smallest absolute Gasteiger partial charge is 0.380 e. The number of esters is 1. The van der Waals surface area contributed by atoms with E-state index in [0.717, 1.165) is 18.5 Å². The molecule has 5 heteroatoms. The van der Waals surface area contributed by atoms with Gasteiger partial charge in [-0.2, -0.15) is 0 Å². The number of ether oxygens (including phenoxy) is 1. The third-order valence-corrected chi connectivity index (χ3v) is 4.98. The molecule has 0 saturated carbocycles. The Labute approximate surface area is 132 Å². The Kier molecular flexibility index (Phi) is 4.08. The molecule has 3 nitrogen and oxygen atoms in total. The van der Waals surface area contributed by atoms with Gasteiger partial charge >= 0.3 is 5.97 Å². The van der Waals surface area contributed by atoms with Crippen molar-refractivity contribution in [1.82, 2.24) is 0 Å². The van der Waals surface area contributed by atoms with Crippen LogP contribution in [0, 0.1) is 0 Å². The van der Waals surface area contributed by atoms with Crippen LogP contribution in [0.2, 0.25) is 5.02 Å². The highest BCUT2D eigenvalue weighted by molar-refractivity contribution is 7.10. The van der Waals surface area contributed by atoms with Crippen LogP contribution >= 0.6 is 22.9 Å². The van der Waals surface area contributed by atoms with Crippen LogP contribution in [0.1, 0.15) is 22.0 Å². The molecule has 0 spiro atoms. The van der Waals surface area contributed by atoms with Gasteiger partial charge in [0.05, 0.1) is 17.7 Å². The first-order valence-corrected chi connectivity index (χ1v) is 7.95. The van der Waals surface area contributed by atoms with Gasteiger partial charge in [0.25, 0.3) is 6.04 Å². The van der Waals surface area contributed by atoms with Crippen molar-refractivity contribution < 1.29 is 14.1 Å². The highest BCUT2D eigenvalue weighted by Crippen LogP contribution is 2.29. The van der Waals surface area contributed by atoms with E-state index in [1.807, 2.05) is 29.0 Å². The number of thiophene rings is 1. The summed E-state index contributed by atoms with van der Waals surface area (Å²) in [5.74, 6) is -0.293. The third-order valence-electron chi connectivity index (χ3n) is 3.64. The molecular formula is C16H15ClNO2S+. The normalized spacial score (nSPS) is 15.0. The van der Waals surface area contributed by atoms with Gasteiger partial charge in [0, 0.05) is 16.9 Å². The minimum Gasteiger partial charge on any atom is -0.464 e. The van der Waals surface area contributed by atoms with E-state index in [1.54, 1.807) is 17.4 Å². The van der Waals surface area contributed by atoms with Crippen LogP contribution in [0.25, 0.3) is 0 Å². The molecule has 3 rings (SSSR count). The number of benzene rings is 1. The molecule has 21 heavy (non-hydrogen) atoms. The molecule has 1 aromatic carbocycles. The molecule has 108 valence electrons. The fraction of sp³-hybridized carbons (Fsp3) is 0.250. The molecule has 2 heterocycles. The van der Waals surface area contributed by atoms with E-state index < -0.39 is 6.04 Å². The van der Waals surface area contributed by atoms with Crippen molar-refractivity contribution in [3.63, 3.8) is 0 Å². The Balaban J connectivity index is 2.06. The number of rotatable bonds is 3. The Hall–Kier alpha value is -1.65. The average Bonchev–Trinajstić information content (AvgIpc) is 2.97. The van der Waals surface area contributed by atoms with Crippen LogP contribution in [0.3, 0.4) is 0 Å². The molecule has 0 amide bonds. The average molecular weight is 321 g/mol. The van der Waals surface area contributed by atoms with E-state index in [9.17, 15) is 4.79 Å². The van der Waals surface area contributed by atoms with Crippen molar-refractivity contribution >= 4 is 35.1 Å². The molecule has 1 aliphatic heterocycles. The van der Waals surface area contributed by atoms with E-state index in [-0.39, 0.29) is 5.97 Å². The van der Waals surface area contributed by atoms with Gasteiger partial charge < -0.3 is 4.74 Å². The summed E-state index contributed by atoms with van der Waals surface area (Å²) in [5.41, 5.74) is 1.95. The van der Waals surface area contributed by atoms with Crippen molar-refractivity contribution in [2.45, 2.75) is 12.5 Å². The number of nitrogens with zero attached hydrogens (tertiary/aromatic N) is 1. The summed E-state index contributed by atoms with van der Waals surface area (Å²) in [7, 11) is 1.41. The van der Waals surface area contributed by atoms with Crippen molar-refractivity contribution in [3.05, 3.63) is 56.7 Å². The van der Waals surface area contributed by atoms with Crippen LogP contribution < -0.4 is 0 Å². The Morgan fingerprint density at radius 2 is 2.19 bits per heavy atom. The van der Waals surface area contributed by atoms with Crippen molar-refractivity contribution in [1.29, 1.82) is 0 Å². The van der Waals surface area contributed by atoms with E-state index in [4.69, 9.17) is 16.3 Å². The zero-order chi connectivity index (χ0) is 14.8.